The molecule has 1 unspecified atom stereocenters. The van der Waals surface area contributed by atoms with Gasteiger partial charge in [0.25, 0.3) is 0 Å². The first-order chi connectivity index (χ1) is 16.2. The maximum absolute atomic E-state index is 11.6. The molecule has 182 valence electrons. The molecule has 0 spiro atoms. The highest BCUT2D eigenvalue weighted by molar-refractivity contribution is 7.80. The van der Waals surface area contributed by atoms with Gasteiger partial charge in [0.1, 0.15) is 34.5 Å². The highest BCUT2D eigenvalue weighted by Crippen LogP contribution is 2.49. The zero-order valence-electron chi connectivity index (χ0n) is 21.1. The van der Waals surface area contributed by atoms with Crippen LogP contribution >= 0.6 is 7.92 Å². The summed E-state index contributed by atoms with van der Waals surface area (Å²) in [6.07, 6.45) is 0. The molecule has 0 fully saturated rings. The summed E-state index contributed by atoms with van der Waals surface area (Å²) >= 11 is 0. The molecule has 3 aromatic rings. The molecule has 3 rings (SSSR count). The number of para-hydroxylation sites is 1. The van der Waals surface area contributed by atoms with Crippen LogP contribution < -0.4 is 39.6 Å². The molecular weight excluding hydrogens is 451 g/mol. The summed E-state index contributed by atoms with van der Waals surface area (Å²) in [5, 5.41) is 13.9. The number of phenolic OH excluding ortho intramolecular Hbond substituents is 1. The van der Waals surface area contributed by atoms with E-state index in [-0.39, 0.29) is 11.2 Å². The molecule has 0 aliphatic heterocycles. The Kier molecular flexibility index (Phi) is 7.83. The van der Waals surface area contributed by atoms with Crippen molar-refractivity contribution in [2.24, 2.45) is 0 Å². The molecule has 6 nitrogen and oxygen atoms in total. The molecule has 0 saturated carbocycles. The molecule has 1 N–H and O–H groups in total. The standard InChI is InChI=1S/C27H33O6P/c1-27(2,3)18-11-9-14-23(24(18)28)34(25-19(30-5)12-10-13-20(25)31-6)26-21(32-7)15-17(29-4)16-22(26)33-8/h9-16,28H,1-8H3. The SMILES string of the molecule is COc1cc(OC)c(P(c2cccc(C(C)(C)C)c2O)c2c(OC)cccc2OC)c(OC)c1. The molecule has 0 aliphatic carbocycles. The number of benzene rings is 3. The lowest BCUT2D eigenvalue weighted by atomic mass is 9.86. The minimum absolute atomic E-state index is 0.231. The van der Waals surface area contributed by atoms with E-state index < -0.39 is 7.92 Å². The summed E-state index contributed by atoms with van der Waals surface area (Å²) in [4.78, 5) is 0. The summed E-state index contributed by atoms with van der Waals surface area (Å²) in [6.45, 7) is 6.23. The van der Waals surface area contributed by atoms with Gasteiger partial charge in [-0.3, -0.25) is 0 Å². The average molecular weight is 485 g/mol. The Hall–Kier alpha value is -3.11. The van der Waals surface area contributed by atoms with Crippen LogP contribution in [0.3, 0.4) is 0 Å². The summed E-state index contributed by atoms with van der Waals surface area (Å²) in [5.74, 6) is 3.28. The van der Waals surface area contributed by atoms with E-state index in [0.29, 0.717) is 28.7 Å². The minimum atomic E-state index is -1.46. The summed E-state index contributed by atoms with van der Waals surface area (Å²) in [7, 11) is 6.60. The van der Waals surface area contributed by atoms with Crippen LogP contribution in [0.4, 0.5) is 0 Å². The normalized spacial score (nSPS) is 12.1. The molecule has 1 atom stereocenters. The minimum Gasteiger partial charge on any atom is -0.507 e. The highest BCUT2D eigenvalue weighted by Gasteiger charge is 2.34. The zero-order chi connectivity index (χ0) is 25.0. The molecular formula is C27H33O6P. The fourth-order valence-electron chi connectivity index (χ4n) is 3.93. The molecule has 0 radical (unpaired) electrons. The van der Waals surface area contributed by atoms with Gasteiger partial charge < -0.3 is 28.8 Å². The molecule has 0 bridgehead atoms. The lowest BCUT2D eigenvalue weighted by molar-refractivity contribution is 0.380. The Morgan fingerprint density at radius 2 is 1.12 bits per heavy atom. The van der Waals surface area contributed by atoms with Crippen LogP contribution in [0.25, 0.3) is 0 Å². The van der Waals surface area contributed by atoms with E-state index in [1.54, 1.807) is 35.5 Å². The van der Waals surface area contributed by atoms with Gasteiger partial charge in [-0.25, -0.2) is 0 Å². The van der Waals surface area contributed by atoms with E-state index in [2.05, 4.69) is 20.8 Å². The number of phenols is 1. The Morgan fingerprint density at radius 3 is 1.56 bits per heavy atom. The molecule has 3 aromatic carbocycles. The van der Waals surface area contributed by atoms with Crippen molar-refractivity contribution < 1.29 is 28.8 Å². The van der Waals surface area contributed by atoms with E-state index in [4.69, 9.17) is 23.7 Å². The van der Waals surface area contributed by atoms with Gasteiger partial charge in [0.2, 0.25) is 0 Å². The lowest BCUT2D eigenvalue weighted by Gasteiger charge is -2.29. The monoisotopic (exact) mass is 484 g/mol. The van der Waals surface area contributed by atoms with Gasteiger partial charge in [0.05, 0.1) is 46.2 Å². The Bertz CT molecular complexity index is 1110. The Balaban J connectivity index is 2.51. The molecule has 0 aromatic heterocycles. The Labute approximate surface area is 203 Å². The van der Waals surface area contributed by atoms with E-state index >= 15 is 0 Å². The second-order valence-electron chi connectivity index (χ2n) is 8.65. The smallest absolute Gasteiger partial charge is 0.134 e. The van der Waals surface area contributed by atoms with Crippen LogP contribution in [-0.2, 0) is 5.41 Å². The van der Waals surface area contributed by atoms with Gasteiger partial charge in [0.15, 0.2) is 0 Å². The zero-order valence-corrected chi connectivity index (χ0v) is 21.9. The van der Waals surface area contributed by atoms with Crippen molar-refractivity contribution in [3.8, 4) is 34.5 Å². The van der Waals surface area contributed by atoms with E-state index in [1.165, 1.54) is 0 Å². The van der Waals surface area contributed by atoms with Crippen LogP contribution in [-0.4, -0.2) is 40.7 Å². The lowest BCUT2D eigenvalue weighted by Crippen LogP contribution is -2.27. The highest BCUT2D eigenvalue weighted by atomic mass is 31.1. The van der Waals surface area contributed by atoms with Crippen molar-refractivity contribution in [1.82, 2.24) is 0 Å². The van der Waals surface area contributed by atoms with Crippen LogP contribution in [0.15, 0.2) is 48.5 Å². The number of methoxy groups -OCH3 is 5. The second kappa shape index (κ2) is 10.4. The molecule has 0 aliphatic rings. The van der Waals surface area contributed by atoms with E-state index in [0.717, 1.165) is 21.5 Å². The third-order valence-corrected chi connectivity index (χ3v) is 8.22. The van der Waals surface area contributed by atoms with Crippen LogP contribution in [0, 0.1) is 0 Å². The number of rotatable bonds is 8. The largest absolute Gasteiger partial charge is 0.507 e. The van der Waals surface area contributed by atoms with Crippen molar-refractivity contribution in [2.75, 3.05) is 35.5 Å². The van der Waals surface area contributed by atoms with Gasteiger partial charge in [-0.15, -0.1) is 0 Å². The van der Waals surface area contributed by atoms with Gasteiger partial charge in [-0.1, -0.05) is 45.0 Å². The molecule has 0 saturated heterocycles. The third-order valence-electron chi connectivity index (χ3n) is 5.60. The van der Waals surface area contributed by atoms with Gasteiger partial charge >= 0.3 is 0 Å². The average Bonchev–Trinajstić information content (AvgIpc) is 2.84. The van der Waals surface area contributed by atoms with Crippen molar-refractivity contribution in [2.45, 2.75) is 26.2 Å². The molecule has 34 heavy (non-hydrogen) atoms. The topological polar surface area (TPSA) is 66.4 Å². The van der Waals surface area contributed by atoms with Crippen LogP contribution in [0.5, 0.6) is 34.5 Å². The fraction of sp³-hybridized carbons (Fsp3) is 0.333. The van der Waals surface area contributed by atoms with Gasteiger partial charge in [0, 0.05) is 25.4 Å². The van der Waals surface area contributed by atoms with E-state index in [9.17, 15) is 5.11 Å². The molecule has 0 amide bonds. The van der Waals surface area contributed by atoms with Crippen molar-refractivity contribution in [3.05, 3.63) is 54.1 Å². The van der Waals surface area contributed by atoms with Crippen LogP contribution in [0.1, 0.15) is 26.3 Å². The Morgan fingerprint density at radius 1 is 0.647 bits per heavy atom. The number of hydrogen-bond acceptors (Lipinski definition) is 6. The first kappa shape index (κ1) is 25.5. The fourth-order valence-corrected chi connectivity index (χ4v) is 6.73. The van der Waals surface area contributed by atoms with Gasteiger partial charge in [-0.2, -0.15) is 0 Å². The predicted molar refractivity (Wildman–Crippen MR) is 138 cm³/mol. The predicted octanol–water partition coefficient (Wildman–Crippen LogP) is 4.49. The quantitative estimate of drug-likeness (QED) is 0.476. The first-order valence-corrected chi connectivity index (χ1v) is 12.2. The van der Waals surface area contributed by atoms with Crippen molar-refractivity contribution in [3.63, 3.8) is 0 Å². The van der Waals surface area contributed by atoms with Crippen LogP contribution in [0.2, 0.25) is 0 Å². The number of hydrogen-bond donors (Lipinski definition) is 1. The maximum Gasteiger partial charge on any atom is 0.134 e. The second-order valence-corrected chi connectivity index (χ2v) is 10.7. The first-order valence-electron chi connectivity index (χ1n) is 10.8. The molecule has 0 heterocycles. The van der Waals surface area contributed by atoms with Crippen molar-refractivity contribution in [1.29, 1.82) is 0 Å². The number of ether oxygens (including phenoxy) is 5. The summed E-state index contributed by atoms with van der Waals surface area (Å²) in [5.41, 5.74) is 0.581. The summed E-state index contributed by atoms with van der Waals surface area (Å²) < 4.78 is 28.7. The van der Waals surface area contributed by atoms with Crippen molar-refractivity contribution >= 4 is 23.8 Å². The van der Waals surface area contributed by atoms with E-state index in [1.807, 2.05) is 48.5 Å². The third kappa shape index (κ3) is 4.74. The number of aromatic hydroxyl groups is 1. The maximum atomic E-state index is 11.6. The van der Waals surface area contributed by atoms with Gasteiger partial charge in [-0.05, 0) is 23.1 Å². The molecule has 7 heteroatoms. The summed E-state index contributed by atoms with van der Waals surface area (Å²) in [6, 6.07) is 15.2.